The van der Waals surface area contributed by atoms with Gasteiger partial charge in [-0.05, 0) is 19.6 Å². The number of carbonyl (C=O) groups is 1. The first-order chi connectivity index (χ1) is 8.95. The van der Waals surface area contributed by atoms with Crippen LogP contribution in [0.25, 0.3) is 0 Å². The van der Waals surface area contributed by atoms with Gasteiger partial charge in [0.05, 0.1) is 46.8 Å². The van der Waals surface area contributed by atoms with Crippen LogP contribution in [0.2, 0.25) is 19.6 Å². The normalized spacial score (nSPS) is 11.6. The van der Waals surface area contributed by atoms with Crippen molar-refractivity contribution in [3.8, 4) is 0 Å². The van der Waals surface area contributed by atoms with Crippen LogP contribution in [0.4, 0.5) is 0 Å². The molecule has 0 fully saturated rings. The maximum absolute atomic E-state index is 10.7. The van der Waals surface area contributed by atoms with Crippen LogP contribution in [0.5, 0.6) is 0 Å². The first-order valence-electron chi connectivity index (χ1n) is 6.39. The van der Waals surface area contributed by atoms with Gasteiger partial charge in [-0.15, -0.1) is 0 Å². The first-order valence-corrected chi connectivity index (χ1v) is 9.80. The number of rotatable bonds is 12. The molecule has 19 heavy (non-hydrogen) atoms. The third-order valence-electron chi connectivity index (χ3n) is 1.95. The van der Waals surface area contributed by atoms with Gasteiger partial charge in [0.2, 0.25) is 0 Å². The second-order valence-electron chi connectivity index (χ2n) is 4.81. The van der Waals surface area contributed by atoms with Crippen LogP contribution >= 0.6 is 0 Å². The topological polar surface area (TPSA) is 63.2 Å². The van der Waals surface area contributed by atoms with Gasteiger partial charge in [0.1, 0.15) is 6.61 Å². The number of ether oxygens (including phenoxy) is 4. The summed E-state index contributed by atoms with van der Waals surface area (Å²) in [6, 6.07) is 0. The van der Waals surface area contributed by atoms with E-state index in [1.165, 1.54) is 7.11 Å². The highest BCUT2D eigenvalue weighted by atomic mass is 28.4. The van der Waals surface area contributed by atoms with E-state index in [2.05, 4.69) is 24.4 Å². The molecule has 6 nitrogen and oxygen atoms in total. The number of carbonyl (C=O) groups excluding carboxylic acids is 1. The highest BCUT2D eigenvalue weighted by Gasteiger charge is 2.12. The van der Waals surface area contributed by atoms with E-state index in [1.54, 1.807) is 0 Å². The molecule has 0 N–H and O–H groups in total. The molecular formula is C12H26O6Si. The summed E-state index contributed by atoms with van der Waals surface area (Å²) < 4.78 is 25.7. The maximum Gasteiger partial charge on any atom is 0.331 e. The summed E-state index contributed by atoms with van der Waals surface area (Å²) in [5.74, 6) is -0.384. The minimum absolute atomic E-state index is 0.0373. The molecular weight excluding hydrogens is 268 g/mol. The summed E-state index contributed by atoms with van der Waals surface area (Å²) in [6.45, 7) is 9.47. The zero-order chi connectivity index (χ0) is 14.6. The van der Waals surface area contributed by atoms with E-state index in [0.29, 0.717) is 39.6 Å². The summed E-state index contributed by atoms with van der Waals surface area (Å²) in [5, 5.41) is 0. The van der Waals surface area contributed by atoms with Crippen molar-refractivity contribution < 1.29 is 28.2 Å². The summed E-state index contributed by atoms with van der Waals surface area (Å²) in [4.78, 5) is 10.7. The van der Waals surface area contributed by atoms with Gasteiger partial charge in [0.15, 0.2) is 8.32 Å². The number of esters is 1. The van der Waals surface area contributed by atoms with Crippen molar-refractivity contribution in [1.29, 1.82) is 0 Å². The lowest BCUT2D eigenvalue weighted by Crippen LogP contribution is -2.27. The molecule has 0 rings (SSSR count). The Morgan fingerprint density at radius 1 is 0.842 bits per heavy atom. The number of methoxy groups -OCH3 is 1. The van der Waals surface area contributed by atoms with E-state index < -0.39 is 8.32 Å². The second-order valence-corrected chi connectivity index (χ2v) is 9.33. The van der Waals surface area contributed by atoms with Gasteiger partial charge in [-0.1, -0.05) is 0 Å². The molecule has 0 amide bonds. The zero-order valence-electron chi connectivity index (χ0n) is 12.4. The summed E-state index contributed by atoms with van der Waals surface area (Å²) >= 11 is 0. The summed E-state index contributed by atoms with van der Waals surface area (Å²) in [5.41, 5.74) is 0. The minimum atomic E-state index is -1.43. The van der Waals surface area contributed by atoms with E-state index in [-0.39, 0.29) is 12.6 Å². The Labute approximate surface area is 116 Å². The predicted molar refractivity (Wildman–Crippen MR) is 73.8 cm³/mol. The van der Waals surface area contributed by atoms with Crippen molar-refractivity contribution >= 4 is 14.3 Å². The number of hydrogen-bond donors (Lipinski definition) is 0. The molecule has 0 heterocycles. The largest absolute Gasteiger partial charge is 0.467 e. The van der Waals surface area contributed by atoms with Gasteiger partial charge < -0.3 is 23.4 Å². The van der Waals surface area contributed by atoms with Crippen LogP contribution in [0.1, 0.15) is 0 Å². The molecule has 0 aromatic carbocycles. The zero-order valence-corrected chi connectivity index (χ0v) is 13.4. The lowest BCUT2D eigenvalue weighted by atomic mass is 10.7. The monoisotopic (exact) mass is 294 g/mol. The van der Waals surface area contributed by atoms with Crippen LogP contribution in [0.3, 0.4) is 0 Å². The molecule has 0 aliphatic rings. The molecule has 0 spiro atoms. The lowest BCUT2D eigenvalue weighted by Gasteiger charge is -2.16. The summed E-state index contributed by atoms with van der Waals surface area (Å²) in [6.07, 6.45) is 0. The van der Waals surface area contributed by atoms with E-state index in [0.717, 1.165) is 0 Å². The van der Waals surface area contributed by atoms with E-state index in [1.807, 2.05) is 0 Å². The molecule has 0 aromatic heterocycles. The Kier molecular flexibility index (Phi) is 11.1. The average molecular weight is 294 g/mol. The fourth-order valence-electron chi connectivity index (χ4n) is 1.06. The third kappa shape index (κ3) is 15.5. The third-order valence-corrected chi connectivity index (χ3v) is 3.02. The Bertz CT molecular complexity index is 229. The van der Waals surface area contributed by atoms with Gasteiger partial charge in [-0.25, -0.2) is 4.79 Å². The van der Waals surface area contributed by atoms with Crippen LogP contribution in [0, 0.1) is 0 Å². The highest BCUT2D eigenvalue weighted by Crippen LogP contribution is 2.01. The molecule has 0 radical (unpaired) electrons. The SMILES string of the molecule is COC(=O)COCCOCCOCCO[Si](C)(C)C. The molecule has 0 aromatic rings. The van der Waals surface area contributed by atoms with E-state index in [4.69, 9.17) is 18.6 Å². The van der Waals surface area contributed by atoms with Gasteiger partial charge in [-0.2, -0.15) is 0 Å². The van der Waals surface area contributed by atoms with Gasteiger partial charge in [0, 0.05) is 0 Å². The maximum atomic E-state index is 10.7. The Morgan fingerprint density at radius 3 is 1.79 bits per heavy atom. The van der Waals surface area contributed by atoms with Crippen molar-refractivity contribution in [2.45, 2.75) is 19.6 Å². The van der Waals surface area contributed by atoms with Crippen LogP contribution in [-0.2, 0) is 28.2 Å². The van der Waals surface area contributed by atoms with Crippen molar-refractivity contribution in [3.05, 3.63) is 0 Å². The molecule has 114 valence electrons. The van der Waals surface area contributed by atoms with Crippen molar-refractivity contribution in [2.24, 2.45) is 0 Å². The lowest BCUT2D eigenvalue weighted by molar-refractivity contribution is -0.146. The quantitative estimate of drug-likeness (QED) is 0.305. The molecule has 0 atom stereocenters. The molecule has 0 aliphatic carbocycles. The van der Waals surface area contributed by atoms with Gasteiger partial charge in [0.25, 0.3) is 0 Å². The van der Waals surface area contributed by atoms with Crippen molar-refractivity contribution in [2.75, 3.05) is 53.4 Å². The molecule has 0 saturated heterocycles. The van der Waals surface area contributed by atoms with Crippen molar-refractivity contribution in [1.82, 2.24) is 0 Å². The van der Waals surface area contributed by atoms with Gasteiger partial charge in [-0.3, -0.25) is 0 Å². The van der Waals surface area contributed by atoms with Crippen LogP contribution in [0.15, 0.2) is 0 Å². The van der Waals surface area contributed by atoms with Crippen LogP contribution < -0.4 is 0 Å². The van der Waals surface area contributed by atoms with E-state index in [9.17, 15) is 4.79 Å². The van der Waals surface area contributed by atoms with E-state index >= 15 is 0 Å². The summed E-state index contributed by atoms with van der Waals surface area (Å²) in [7, 11) is -0.101. The fraction of sp³-hybridized carbons (Fsp3) is 0.917. The second kappa shape index (κ2) is 11.4. The standard InChI is InChI=1S/C12H26O6Si/c1-14-12(13)11-17-8-7-15-5-6-16-9-10-18-19(2,3)4/h5-11H2,1-4H3. The first kappa shape index (κ1) is 18.5. The Morgan fingerprint density at radius 2 is 1.32 bits per heavy atom. The Hall–Kier alpha value is -0.473. The fourth-order valence-corrected chi connectivity index (χ4v) is 1.76. The minimum Gasteiger partial charge on any atom is -0.467 e. The molecule has 0 aliphatic heterocycles. The molecule has 7 heteroatoms. The smallest absolute Gasteiger partial charge is 0.331 e. The molecule has 0 saturated carbocycles. The molecule has 0 bridgehead atoms. The van der Waals surface area contributed by atoms with Crippen molar-refractivity contribution in [3.63, 3.8) is 0 Å². The number of hydrogen-bond acceptors (Lipinski definition) is 6. The highest BCUT2D eigenvalue weighted by molar-refractivity contribution is 6.69. The molecule has 0 unspecified atom stereocenters. The Balaban J connectivity index is 3.09. The average Bonchev–Trinajstić information content (AvgIpc) is 2.34. The van der Waals surface area contributed by atoms with Crippen LogP contribution in [-0.4, -0.2) is 67.6 Å². The predicted octanol–water partition coefficient (Wildman–Crippen LogP) is 1.06. The van der Waals surface area contributed by atoms with Gasteiger partial charge >= 0.3 is 5.97 Å².